The maximum atomic E-state index is 11.5. The molecule has 182 valence electrons. The fourth-order valence-corrected chi connectivity index (χ4v) is 3.56. The molecule has 11 heteroatoms. The van der Waals surface area contributed by atoms with Crippen LogP contribution in [0.1, 0.15) is 5.69 Å². The van der Waals surface area contributed by atoms with Gasteiger partial charge in [-0.3, -0.25) is 9.79 Å². The molecule has 0 aliphatic carbocycles. The molecule has 2 atom stereocenters. The zero-order valence-corrected chi connectivity index (χ0v) is 19.6. The number of hydrogen-bond donors (Lipinski definition) is 4. The van der Waals surface area contributed by atoms with E-state index in [9.17, 15) is 4.79 Å². The molecule has 3 aromatic rings. The van der Waals surface area contributed by atoms with Crippen LogP contribution in [0.2, 0.25) is 0 Å². The van der Waals surface area contributed by atoms with E-state index >= 15 is 0 Å². The average Bonchev–Trinajstić information content (AvgIpc) is 3.33. The number of rotatable bonds is 10. The first-order valence-corrected chi connectivity index (χ1v) is 11.1. The van der Waals surface area contributed by atoms with Crippen molar-refractivity contribution in [2.75, 3.05) is 39.2 Å². The molecule has 1 aliphatic rings. The Labute approximate surface area is 202 Å². The molecular weight excluding hydrogens is 448 g/mol. The normalized spacial score (nSPS) is 17.2. The maximum absolute atomic E-state index is 11.5. The van der Waals surface area contributed by atoms with E-state index in [0.717, 1.165) is 11.1 Å². The van der Waals surface area contributed by atoms with E-state index < -0.39 is 6.17 Å². The third-order valence-corrected chi connectivity index (χ3v) is 5.28. The van der Waals surface area contributed by atoms with Gasteiger partial charge in [-0.25, -0.2) is 15.0 Å². The van der Waals surface area contributed by atoms with E-state index in [-0.39, 0.29) is 18.6 Å². The van der Waals surface area contributed by atoms with Crippen LogP contribution in [0.4, 0.5) is 5.95 Å². The largest absolute Gasteiger partial charge is 0.375 e. The van der Waals surface area contributed by atoms with Crippen LogP contribution >= 0.6 is 0 Å². The number of benzene rings is 1. The minimum atomic E-state index is -0.473. The van der Waals surface area contributed by atoms with Crippen LogP contribution in [0.25, 0.3) is 28.3 Å². The zero-order chi connectivity index (χ0) is 24.6. The van der Waals surface area contributed by atoms with Crippen molar-refractivity contribution < 1.29 is 14.3 Å². The molecule has 1 aromatic carbocycles. The number of aromatic nitrogens is 4. The molecule has 1 amide bonds. The van der Waals surface area contributed by atoms with E-state index in [4.69, 9.17) is 20.2 Å². The Morgan fingerprint density at radius 3 is 2.74 bits per heavy atom. The van der Waals surface area contributed by atoms with Gasteiger partial charge in [-0.05, 0) is 12.1 Å². The molecule has 0 fully saturated rings. The number of allylic oxidation sites excluding steroid dienone is 1. The van der Waals surface area contributed by atoms with Crippen LogP contribution in [-0.4, -0.2) is 78.2 Å². The Morgan fingerprint density at radius 1 is 1.14 bits per heavy atom. The first-order valence-electron chi connectivity index (χ1n) is 11.1. The van der Waals surface area contributed by atoms with E-state index in [0.29, 0.717) is 41.9 Å². The molecule has 3 heterocycles. The topological polar surface area (TPSA) is 152 Å². The van der Waals surface area contributed by atoms with Gasteiger partial charge in [-0.2, -0.15) is 0 Å². The molecule has 2 unspecified atom stereocenters. The molecular formula is C24H28N8O3. The Balaban J connectivity index is 1.62. The highest BCUT2D eigenvalue weighted by Crippen LogP contribution is 2.30. The predicted octanol–water partition coefficient (Wildman–Crippen LogP) is 1.48. The summed E-state index contributed by atoms with van der Waals surface area (Å²) in [6.07, 6.45) is 4.44. The molecule has 1 aliphatic heterocycles. The molecule has 4 rings (SSSR count). The van der Waals surface area contributed by atoms with Gasteiger partial charge in [-0.15, -0.1) is 0 Å². The zero-order valence-electron chi connectivity index (χ0n) is 19.6. The van der Waals surface area contributed by atoms with Crippen LogP contribution in [-0.2, 0) is 14.3 Å². The van der Waals surface area contributed by atoms with Gasteiger partial charge < -0.3 is 30.8 Å². The number of amides is 1. The highest BCUT2D eigenvalue weighted by atomic mass is 16.5. The Hall–Kier alpha value is -3.93. The quantitative estimate of drug-likeness (QED) is 0.321. The van der Waals surface area contributed by atoms with Gasteiger partial charge in [0, 0.05) is 50.9 Å². The van der Waals surface area contributed by atoms with Crippen LogP contribution in [0.3, 0.4) is 0 Å². The standard InChI is InChI=1S/C24H28N8O3/c1-34-14-19(33)26-10-11-28-24-27-9-8-17(30-24)21-20(16-12-18(35-2)22(25)29-13-16)31-23(32-21)15-6-4-3-5-7-15/h3-9,12-13,18,22H,10-11,14,25H2,1-2H3,(H,26,33)(H,31,32)(H,27,28,30). The summed E-state index contributed by atoms with van der Waals surface area (Å²) in [5.41, 5.74) is 9.79. The fraction of sp³-hybridized carbons (Fsp3) is 0.292. The van der Waals surface area contributed by atoms with Gasteiger partial charge in [0.05, 0.1) is 17.1 Å². The molecule has 0 spiro atoms. The number of hydrogen-bond acceptors (Lipinski definition) is 9. The summed E-state index contributed by atoms with van der Waals surface area (Å²) in [5.74, 6) is 0.937. The lowest BCUT2D eigenvalue weighted by Crippen LogP contribution is -2.35. The van der Waals surface area contributed by atoms with Crippen LogP contribution in [0, 0.1) is 0 Å². The van der Waals surface area contributed by atoms with Gasteiger partial charge in [-0.1, -0.05) is 30.3 Å². The van der Waals surface area contributed by atoms with E-state index in [2.05, 4.69) is 30.6 Å². The highest BCUT2D eigenvalue weighted by molar-refractivity contribution is 6.12. The van der Waals surface area contributed by atoms with Gasteiger partial charge >= 0.3 is 0 Å². The van der Waals surface area contributed by atoms with Crippen molar-refractivity contribution in [1.82, 2.24) is 25.3 Å². The smallest absolute Gasteiger partial charge is 0.246 e. The number of methoxy groups -OCH3 is 2. The number of carbonyl (C=O) groups excluding carboxylic acids is 1. The minimum absolute atomic E-state index is 0.0202. The van der Waals surface area contributed by atoms with E-state index in [1.54, 1.807) is 25.6 Å². The maximum Gasteiger partial charge on any atom is 0.246 e. The lowest BCUT2D eigenvalue weighted by atomic mass is 10.0. The van der Waals surface area contributed by atoms with Crippen molar-refractivity contribution in [2.24, 2.45) is 10.7 Å². The first-order chi connectivity index (χ1) is 17.1. The number of anilines is 1. The summed E-state index contributed by atoms with van der Waals surface area (Å²) in [4.78, 5) is 33.1. The first kappa shape index (κ1) is 24.2. The van der Waals surface area contributed by atoms with Crippen LogP contribution in [0.15, 0.2) is 53.7 Å². The highest BCUT2D eigenvalue weighted by Gasteiger charge is 2.23. The van der Waals surface area contributed by atoms with Crippen molar-refractivity contribution >= 4 is 23.6 Å². The number of nitrogens with one attached hydrogen (secondary N) is 3. The van der Waals surface area contributed by atoms with Crippen molar-refractivity contribution in [2.45, 2.75) is 12.3 Å². The SMILES string of the molecule is COCC(=O)NCCNc1nccc(-c2[nH]c(-c3ccccc3)nc2C2=CC(OC)C(N)N=C2)n1. The number of nitrogens with two attached hydrogens (primary N) is 1. The molecule has 5 N–H and O–H groups in total. The Bertz CT molecular complexity index is 1210. The van der Waals surface area contributed by atoms with Crippen molar-refractivity contribution in [3.8, 4) is 22.8 Å². The second-order valence-corrected chi connectivity index (χ2v) is 7.74. The number of ether oxygens (including phenoxy) is 2. The molecule has 0 saturated heterocycles. The number of imidazole rings is 1. The minimum Gasteiger partial charge on any atom is -0.375 e. The Morgan fingerprint density at radius 2 is 1.97 bits per heavy atom. The number of nitrogens with zero attached hydrogens (tertiary/aromatic N) is 4. The van der Waals surface area contributed by atoms with E-state index in [1.807, 2.05) is 36.4 Å². The number of carbonyl (C=O) groups is 1. The summed E-state index contributed by atoms with van der Waals surface area (Å²) in [6.45, 7) is 0.882. The molecule has 2 aromatic heterocycles. The molecule has 0 bridgehead atoms. The lowest BCUT2D eigenvalue weighted by molar-refractivity contribution is -0.124. The van der Waals surface area contributed by atoms with Gasteiger partial charge in [0.1, 0.15) is 24.7 Å². The van der Waals surface area contributed by atoms with Crippen molar-refractivity contribution in [3.05, 3.63) is 54.4 Å². The average molecular weight is 477 g/mol. The monoisotopic (exact) mass is 476 g/mol. The van der Waals surface area contributed by atoms with Crippen molar-refractivity contribution in [1.29, 1.82) is 0 Å². The summed E-state index contributed by atoms with van der Waals surface area (Å²) in [5, 5.41) is 5.87. The van der Waals surface area contributed by atoms with Crippen LogP contribution in [0.5, 0.6) is 0 Å². The van der Waals surface area contributed by atoms with Crippen LogP contribution < -0.4 is 16.4 Å². The molecule has 35 heavy (non-hydrogen) atoms. The van der Waals surface area contributed by atoms with Gasteiger partial charge in [0.2, 0.25) is 11.9 Å². The predicted molar refractivity (Wildman–Crippen MR) is 134 cm³/mol. The van der Waals surface area contributed by atoms with Gasteiger partial charge in [0.15, 0.2) is 0 Å². The number of aromatic amines is 1. The molecule has 0 radical (unpaired) electrons. The second kappa shape index (κ2) is 11.5. The lowest BCUT2D eigenvalue weighted by Gasteiger charge is -2.20. The van der Waals surface area contributed by atoms with Crippen molar-refractivity contribution in [3.63, 3.8) is 0 Å². The molecule has 11 nitrogen and oxygen atoms in total. The summed E-state index contributed by atoms with van der Waals surface area (Å²) >= 11 is 0. The van der Waals surface area contributed by atoms with Gasteiger partial charge in [0.25, 0.3) is 0 Å². The summed E-state index contributed by atoms with van der Waals surface area (Å²) in [6, 6.07) is 11.6. The summed E-state index contributed by atoms with van der Waals surface area (Å²) in [7, 11) is 3.07. The third kappa shape index (κ3) is 5.96. The number of aliphatic imine (C=N–C) groups is 1. The Kier molecular flexibility index (Phi) is 7.93. The number of dihydropyridines is 1. The molecule has 0 saturated carbocycles. The summed E-state index contributed by atoms with van der Waals surface area (Å²) < 4.78 is 10.3. The number of H-pyrrole nitrogens is 1. The van der Waals surface area contributed by atoms with E-state index in [1.165, 1.54) is 7.11 Å². The third-order valence-electron chi connectivity index (χ3n) is 5.28. The fourth-order valence-electron chi connectivity index (χ4n) is 3.56. The second-order valence-electron chi connectivity index (χ2n) is 7.74.